The predicted octanol–water partition coefficient (Wildman–Crippen LogP) is 5.19. The van der Waals surface area contributed by atoms with Gasteiger partial charge in [0.2, 0.25) is 5.69 Å². The molecule has 1 heterocycles. The Morgan fingerprint density at radius 1 is 1.15 bits per heavy atom. The standard InChI is InChI=1S/C23H26N2O2/c1-4-5-16-25-19-13-9-12-18(22(26)27)21(19)23(2,3)20(25)14-15-24-17-10-7-6-8-11-17/h6-15H,4-5,16H2,1-3H3,(H,26,27)/p+1. The molecule has 0 aliphatic carbocycles. The van der Waals surface area contributed by atoms with Crippen molar-refractivity contribution >= 4 is 23.1 Å². The van der Waals surface area contributed by atoms with E-state index in [4.69, 9.17) is 0 Å². The van der Waals surface area contributed by atoms with E-state index in [0.29, 0.717) is 5.56 Å². The van der Waals surface area contributed by atoms with Crippen molar-refractivity contribution in [1.82, 2.24) is 0 Å². The quantitative estimate of drug-likeness (QED) is 0.666. The summed E-state index contributed by atoms with van der Waals surface area (Å²) in [6.07, 6.45) is 6.16. The van der Waals surface area contributed by atoms with Gasteiger partial charge in [-0.1, -0.05) is 37.6 Å². The first kappa shape index (κ1) is 18.9. The lowest BCUT2D eigenvalue weighted by Gasteiger charge is -2.17. The average molecular weight is 363 g/mol. The minimum Gasteiger partial charge on any atom is -0.478 e. The first-order valence-corrected chi connectivity index (χ1v) is 9.46. The molecule has 2 aromatic carbocycles. The van der Waals surface area contributed by atoms with Crippen molar-refractivity contribution in [2.24, 2.45) is 0 Å². The fraction of sp³-hybridized carbons (Fsp3) is 0.304. The van der Waals surface area contributed by atoms with Crippen LogP contribution in [0.4, 0.5) is 11.4 Å². The van der Waals surface area contributed by atoms with Gasteiger partial charge < -0.3 is 10.4 Å². The highest BCUT2D eigenvalue weighted by atomic mass is 16.4. The van der Waals surface area contributed by atoms with Crippen LogP contribution >= 0.6 is 0 Å². The van der Waals surface area contributed by atoms with E-state index >= 15 is 0 Å². The topological polar surface area (TPSA) is 52.3 Å². The molecule has 0 spiro atoms. The molecule has 140 valence electrons. The molecular formula is C23H27N2O2+. The third kappa shape index (κ3) is 3.65. The van der Waals surface area contributed by atoms with Crippen molar-refractivity contribution in [3.05, 3.63) is 71.9 Å². The molecule has 2 aromatic rings. The Balaban J connectivity index is 2.03. The molecule has 27 heavy (non-hydrogen) atoms. The summed E-state index contributed by atoms with van der Waals surface area (Å²) in [5.74, 6) is -0.872. The highest BCUT2D eigenvalue weighted by Gasteiger charge is 2.46. The lowest BCUT2D eigenvalue weighted by Crippen LogP contribution is -2.29. The fourth-order valence-corrected chi connectivity index (χ4v) is 3.80. The number of carbonyl (C=O) groups is 1. The van der Waals surface area contributed by atoms with Crippen LogP contribution in [0.25, 0.3) is 0 Å². The summed E-state index contributed by atoms with van der Waals surface area (Å²) in [5, 5.41) is 13.0. The van der Waals surface area contributed by atoms with Crippen molar-refractivity contribution in [3.8, 4) is 0 Å². The summed E-state index contributed by atoms with van der Waals surface area (Å²) in [6.45, 7) is 7.25. The van der Waals surface area contributed by atoms with Crippen LogP contribution < -0.4 is 5.32 Å². The van der Waals surface area contributed by atoms with Crippen molar-refractivity contribution < 1.29 is 14.5 Å². The van der Waals surface area contributed by atoms with Gasteiger partial charge in [0.1, 0.15) is 6.54 Å². The van der Waals surface area contributed by atoms with Gasteiger partial charge in [0.15, 0.2) is 5.71 Å². The zero-order chi connectivity index (χ0) is 19.4. The molecule has 0 atom stereocenters. The molecule has 0 saturated carbocycles. The lowest BCUT2D eigenvalue weighted by atomic mass is 9.79. The van der Waals surface area contributed by atoms with Gasteiger partial charge in [-0.15, -0.1) is 0 Å². The normalized spacial score (nSPS) is 15.2. The molecular weight excluding hydrogens is 336 g/mol. The van der Waals surface area contributed by atoms with Crippen molar-refractivity contribution in [3.63, 3.8) is 0 Å². The number of nitrogens with zero attached hydrogens (tertiary/aromatic N) is 1. The highest BCUT2D eigenvalue weighted by molar-refractivity contribution is 6.06. The summed E-state index contributed by atoms with van der Waals surface area (Å²) in [7, 11) is 0. The second kappa shape index (κ2) is 7.78. The van der Waals surface area contributed by atoms with E-state index in [1.807, 2.05) is 48.7 Å². The minimum absolute atomic E-state index is 0.382. The molecule has 4 heteroatoms. The van der Waals surface area contributed by atoms with Crippen LogP contribution in [0.2, 0.25) is 0 Å². The Morgan fingerprint density at radius 2 is 1.89 bits per heavy atom. The number of hydrogen-bond acceptors (Lipinski definition) is 2. The first-order valence-electron chi connectivity index (χ1n) is 9.46. The van der Waals surface area contributed by atoms with Crippen molar-refractivity contribution in [1.29, 1.82) is 0 Å². The number of fused-ring (bicyclic) bond motifs is 1. The largest absolute Gasteiger partial charge is 0.478 e. The van der Waals surface area contributed by atoms with Gasteiger partial charge in [-0.2, -0.15) is 4.58 Å². The smallest absolute Gasteiger partial charge is 0.336 e. The van der Waals surface area contributed by atoms with Crippen molar-refractivity contribution in [2.75, 3.05) is 11.9 Å². The van der Waals surface area contributed by atoms with E-state index < -0.39 is 5.97 Å². The van der Waals surface area contributed by atoms with Gasteiger partial charge in [-0.3, -0.25) is 0 Å². The van der Waals surface area contributed by atoms with Gasteiger partial charge >= 0.3 is 5.97 Å². The summed E-state index contributed by atoms with van der Waals surface area (Å²) in [6, 6.07) is 15.6. The number of anilines is 1. The van der Waals surface area contributed by atoms with Crippen LogP contribution in [-0.4, -0.2) is 27.9 Å². The lowest BCUT2D eigenvalue weighted by molar-refractivity contribution is -0.438. The number of carboxylic acids is 1. The third-order valence-electron chi connectivity index (χ3n) is 5.12. The van der Waals surface area contributed by atoms with E-state index in [2.05, 4.69) is 36.7 Å². The van der Waals surface area contributed by atoms with Gasteiger partial charge in [0.05, 0.1) is 16.5 Å². The van der Waals surface area contributed by atoms with E-state index in [0.717, 1.165) is 42.0 Å². The first-order chi connectivity index (χ1) is 13.0. The van der Waals surface area contributed by atoms with Crippen LogP contribution in [-0.2, 0) is 5.41 Å². The van der Waals surface area contributed by atoms with E-state index in [1.54, 1.807) is 6.07 Å². The van der Waals surface area contributed by atoms with Crippen LogP contribution in [0, 0.1) is 0 Å². The van der Waals surface area contributed by atoms with E-state index in [1.165, 1.54) is 0 Å². The maximum Gasteiger partial charge on any atom is 0.336 e. The molecule has 0 unspecified atom stereocenters. The van der Waals surface area contributed by atoms with E-state index in [-0.39, 0.29) is 5.41 Å². The molecule has 1 aliphatic rings. The molecule has 0 bridgehead atoms. The average Bonchev–Trinajstić information content (AvgIpc) is 2.88. The number of rotatable bonds is 7. The molecule has 4 nitrogen and oxygen atoms in total. The maximum absolute atomic E-state index is 11.8. The molecule has 0 fully saturated rings. The molecule has 2 N–H and O–H groups in total. The summed E-state index contributed by atoms with van der Waals surface area (Å²) >= 11 is 0. The minimum atomic E-state index is -0.872. The highest BCUT2D eigenvalue weighted by Crippen LogP contribution is 2.42. The van der Waals surface area contributed by atoms with Gasteiger partial charge in [-0.05, 0) is 32.0 Å². The Kier molecular flexibility index (Phi) is 5.45. The molecule has 0 aromatic heterocycles. The third-order valence-corrected chi connectivity index (χ3v) is 5.12. The number of unbranched alkanes of at least 4 members (excludes halogenated alkanes) is 1. The number of benzene rings is 2. The van der Waals surface area contributed by atoms with Crippen LogP contribution in [0.1, 0.15) is 49.5 Å². The van der Waals surface area contributed by atoms with E-state index in [9.17, 15) is 9.90 Å². The summed E-state index contributed by atoms with van der Waals surface area (Å²) < 4.78 is 2.27. The SMILES string of the molecule is CCCC[N+]1=C(/C=C/Nc2ccccc2)C(C)(C)c2c(C(=O)O)cccc21. The number of aromatic carboxylic acids is 1. The van der Waals surface area contributed by atoms with Crippen molar-refractivity contribution in [2.45, 2.75) is 39.0 Å². The number of para-hydroxylation sites is 1. The predicted molar refractivity (Wildman–Crippen MR) is 110 cm³/mol. The van der Waals surface area contributed by atoms with Gasteiger partial charge in [0, 0.05) is 30.5 Å². The zero-order valence-electron chi connectivity index (χ0n) is 16.2. The van der Waals surface area contributed by atoms with Gasteiger partial charge in [0.25, 0.3) is 0 Å². The van der Waals surface area contributed by atoms with Crippen LogP contribution in [0.5, 0.6) is 0 Å². The van der Waals surface area contributed by atoms with Crippen LogP contribution in [0.15, 0.2) is 60.8 Å². The second-order valence-corrected chi connectivity index (χ2v) is 7.36. The zero-order valence-corrected chi connectivity index (χ0v) is 16.2. The number of hydrogen-bond donors (Lipinski definition) is 2. The van der Waals surface area contributed by atoms with Crippen LogP contribution in [0.3, 0.4) is 0 Å². The number of nitrogens with one attached hydrogen (secondary N) is 1. The fourth-order valence-electron chi connectivity index (χ4n) is 3.80. The maximum atomic E-state index is 11.8. The Morgan fingerprint density at radius 3 is 2.56 bits per heavy atom. The Labute approximate surface area is 160 Å². The summed E-state index contributed by atoms with van der Waals surface area (Å²) in [5.41, 5.74) is 4.04. The van der Waals surface area contributed by atoms with Gasteiger partial charge in [-0.25, -0.2) is 4.79 Å². The monoisotopic (exact) mass is 363 g/mol. The number of allylic oxidation sites excluding steroid dienone is 1. The molecule has 1 aliphatic heterocycles. The Hall–Kier alpha value is -2.88. The molecule has 0 radical (unpaired) electrons. The molecule has 3 rings (SSSR count). The number of carboxylic acid groups (broad SMARTS) is 1. The Bertz CT molecular complexity index is 896. The summed E-state index contributed by atoms with van der Waals surface area (Å²) in [4.78, 5) is 11.8. The second-order valence-electron chi connectivity index (χ2n) is 7.36. The molecule has 0 saturated heterocycles. The molecule has 0 amide bonds.